The van der Waals surface area contributed by atoms with Crippen molar-refractivity contribution in [3.63, 3.8) is 0 Å². The third-order valence-corrected chi connectivity index (χ3v) is 3.88. The van der Waals surface area contributed by atoms with Gasteiger partial charge in [0, 0.05) is 11.1 Å². The van der Waals surface area contributed by atoms with E-state index < -0.39 is 5.97 Å². The lowest BCUT2D eigenvalue weighted by Gasteiger charge is -2.09. The van der Waals surface area contributed by atoms with E-state index in [-0.39, 0.29) is 31.0 Å². The summed E-state index contributed by atoms with van der Waals surface area (Å²) in [6.45, 7) is 0.526. The SMILES string of the molecule is O=C(OCc1cccc(Cl)c1)c1ccc(=O)n(CCOc2ccccc2)n1. The monoisotopic (exact) mass is 384 g/mol. The third kappa shape index (κ3) is 5.43. The second-order valence-electron chi connectivity index (χ2n) is 5.65. The van der Waals surface area contributed by atoms with Crippen LogP contribution in [0.25, 0.3) is 0 Å². The highest BCUT2D eigenvalue weighted by Crippen LogP contribution is 2.12. The predicted molar refractivity (Wildman–Crippen MR) is 101 cm³/mol. The molecule has 1 aromatic heterocycles. The minimum absolute atomic E-state index is 0.0522. The molecule has 0 unspecified atom stereocenters. The molecule has 7 heteroatoms. The molecule has 0 aliphatic carbocycles. The van der Waals surface area contributed by atoms with Gasteiger partial charge in [-0.1, -0.05) is 41.9 Å². The molecule has 0 fully saturated rings. The second kappa shape index (κ2) is 9.00. The Morgan fingerprint density at radius 3 is 2.63 bits per heavy atom. The standard InChI is InChI=1S/C20H17ClN2O4/c21-16-6-4-5-15(13-16)14-27-20(25)18-9-10-19(24)23(22-18)11-12-26-17-7-2-1-3-8-17/h1-10,13H,11-12,14H2. The van der Waals surface area contributed by atoms with Gasteiger partial charge in [0.05, 0.1) is 6.54 Å². The molecule has 0 bridgehead atoms. The molecule has 0 N–H and O–H groups in total. The summed E-state index contributed by atoms with van der Waals surface area (Å²) in [7, 11) is 0. The van der Waals surface area contributed by atoms with Gasteiger partial charge in [0.1, 0.15) is 19.0 Å². The number of carbonyl (C=O) groups excluding carboxylic acids is 1. The number of nitrogens with zero attached hydrogens (tertiary/aromatic N) is 2. The minimum Gasteiger partial charge on any atom is -0.492 e. The van der Waals surface area contributed by atoms with Gasteiger partial charge < -0.3 is 9.47 Å². The van der Waals surface area contributed by atoms with Crippen molar-refractivity contribution in [2.24, 2.45) is 0 Å². The number of benzene rings is 2. The number of para-hydroxylation sites is 1. The molecule has 3 rings (SSSR count). The molecule has 0 amide bonds. The van der Waals surface area contributed by atoms with E-state index in [0.29, 0.717) is 10.8 Å². The van der Waals surface area contributed by atoms with Gasteiger partial charge in [0.25, 0.3) is 5.56 Å². The van der Waals surface area contributed by atoms with Crippen LogP contribution in [0.1, 0.15) is 16.1 Å². The van der Waals surface area contributed by atoms with E-state index in [2.05, 4.69) is 5.10 Å². The van der Waals surface area contributed by atoms with Crippen molar-refractivity contribution in [1.82, 2.24) is 9.78 Å². The fraction of sp³-hybridized carbons (Fsp3) is 0.150. The van der Waals surface area contributed by atoms with Gasteiger partial charge >= 0.3 is 5.97 Å². The van der Waals surface area contributed by atoms with Gasteiger partial charge in [-0.2, -0.15) is 5.10 Å². The molecule has 0 radical (unpaired) electrons. The Bertz CT molecular complexity index is 973. The first-order chi connectivity index (χ1) is 13.1. The Labute approximate surface area is 160 Å². The van der Waals surface area contributed by atoms with Crippen molar-refractivity contribution in [1.29, 1.82) is 0 Å². The van der Waals surface area contributed by atoms with Crippen LogP contribution in [-0.4, -0.2) is 22.4 Å². The van der Waals surface area contributed by atoms with Gasteiger partial charge in [-0.05, 0) is 35.9 Å². The summed E-state index contributed by atoms with van der Waals surface area (Å²) >= 11 is 5.91. The molecule has 0 saturated carbocycles. The van der Waals surface area contributed by atoms with Crippen molar-refractivity contribution in [3.8, 4) is 5.75 Å². The van der Waals surface area contributed by atoms with Crippen LogP contribution in [0.15, 0.2) is 71.5 Å². The van der Waals surface area contributed by atoms with Crippen LogP contribution < -0.4 is 10.3 Å². The van der Waals surface area contributed by atoms with Crippen molar-refractivity contribution < 1.29 is 14.3 Å². The highest BCUT2D eigenvalue weighted by Gasteiger charge is 2.12. The Hall–Kier alpha value is -3.12. The van der Waals surface area contributed by atoms with E-state index in [0.717, 1.165) is 5.56 Å². The molecule has 27 heavy (non-hydrogen) atoms. The second-order valence-corrected chi connectivity index (χ2v) is 6.08. The van der Waals surface area contributed by atoms with Gasteiger partial charge in [-0.25, -0.2) is 9.48 Å². The molecule has 138 valence electrons. The van der Waals surface area contributed by atoms with E-state index >= 15 is 0 Å². The average Bonchev–Trinajstić information content (AvgIpc) is 2.68. The number of ether oxygens (including phenoxy) is 2. The van der Waals surface area contributed by atoms with Crippen LogP contribution in [0.2, 0.25) is 5.02 Å². The van der Waals surface area contributed by atoms with Crippen molar-refractivity contribution in [3.05, 3.63) is 93.4 Å². The first kappa shape index (κ1) is 18.7. The van der Waals surface area contributed by atoms with E-state index in [4.69, 9.17) is 21.1 Å². The van der Waals surface area contributed by atoms with Crippen LogP contribution in [0.4, 0.5) is 0 Å². The van der Waals surface area contributed by atoms with Crippen LogP contribution >= 0.6 is 11.6 Å². The molecule has 0 aliphatic rings. The van der Waals surface area contributed by atoms with Crippen LogP contribution in [0.5, 0.6) is 5.75 Å². The molecule has 0 atom stereocenters. The summed E-state index contributed by atoms with van der Waals surface area (Å²) in [5, 5.41) is 4.62. The van der Waals surface area contributed by atoms with E-state index in [1.54, 1.807) is 24.3 Å². The van der Waals surface area contributed by atoms with E-state index in [1.807, 2.05) is 30.3 Å². The molecule has 0 spiro atoms. The van der Waals surface area contributed by atoms with Crippen molar-refractivity contribution in [2.45, 2.75) is 13.2 Å². The zero-order chi connectivity index (χ0) is 19.1. The average molecular weight is 385 g/mol. The van der Waals surface area contributed by atoms with E-state index in [1.165, 1.54) is 16.8 Å². The van der Waals surface area contributed by atoms with Crippen LogP contribution in [-0.2, 0) is 17.9 Å². The smallest absolute Gasteiger partial charge is 0.359 e. The number of carbonyl (C=O) groups is 1. The maximum absolute atomic E-state index is 12.2. The minimum atomic E-state index is -0.618. The highest BCUT2D eigenvalue weighted by molar-refractivity contribution is 6.30. The molecule has 6 nitrogen and oxygen atoms in total. The Kier molecular flexibility index (Phi) is 6.22. The summed E-state index contributed by atoms with van der Waals surface area (Å²) < 4.78 is 12.0. The molecular weight excluding hydrogens is 368 g/mol. The molecule has 1 heterocycles. The van der Waals surface area contributed by atoms with Crippen LogP contribution in [0.3, 0.4) is 0 Å². The number of halogens is 1. The van der Waals surface area contributed by atoms with Gasteiger partial charge in [0.2, 0.25) is 0 Å². The Balaban J connectivity index is 1.60. The maximum Gasteiger partial charge on any atom is 0.359 e. The van der Waals surface area contributed by atoms with Crippen LogP contribution in [0, 0.1) is 0 Å². The van der Waals surface area contributed by atoms with E-state index in [9.17, 15) is 9.59 Å². The first-order valence-electron chi connectivity index (χ1n) is 8.29. The number of hydrogen-bond donors (Lipinski definition) is 0. The molecule has 2 aromatic carbocycles. The summed E-state index contributed by atoms with van der Waals surface area (Å²) in [6, 6.07) is 18.9. The van der Waals surface area contributed by atoms with Gasteiger partial charge in [0.15, 0.2) is 5.69 Å². The summed E-state index contributed by atoms with van der Waals surface area (Å²) in [5.74, 6) is 0.0790. The molecule has 3 aromatic rings. The lowest BCUT2D eigenvalue weighted by Crippen LogP contribution is -2.27. The molecule has 0 saturated heterocycles. The molecular formula is C20H17ClN2O4. The summed E-state index contributed by atoms with van der Waals surface area (Å²) in [6.07, 6.45) is 0. The number of esters is 1. The lowest BCUT2D eigenvalue weighted by molar-refractivity contribution is 0.0462. The maximum atomic E-state index is 12.2. The Morgan fingerprint density at radius 2 is 1.85 bits per heavy atom. The largest absolute Gasteiger partial charge is 0.492 e. The zero-order valence-electron chi connectivity index (χ0n) is 14.4. The Morgan fingerprint density at radius 1 is 1.04 bits per heavy atom. The van der Waals surface area contributed by atoms with Crippen molar-refractivity contribution >= 4 is 17.6 Å². The third-order valence-electron chi connectivity index (χ3n) is 3.65. The number of rotatable bonds is 7. The topological polar surface area (TPSA) is 70.4 Å². The van der Waals surface area contributed by atoms with Crippen molar-refractivity contribution in [2.75, 3.05) is 6.61 Å². The quantitative estimate of drug-likeness (QED) is 0.584. The fourth-order valence-corrected chi connectivity index (χ4v) is 2.55. The summed E-state index contributed by atoms with van der Waals surface area (Å²) in [4.78, 5) is 24.1. The van der Waals surface area contributed by atoms with Gasteiger partial charge in [-0.3, -0.25) is 4.79 Å². The predicted octanol–water partition coefficient (Wildman–Crippen LogP) is 3.33. The van der Waals surface area contributed by atoms with Gasteiger partial charge in [-0.15, -0.1) is 0 Å². The number of hydrogen-bond acceptors (Lipinski definition) is 5. The normalized spacial score (nSPS) is 10.4. The zero-order valence-corrected chi connectivity index (χ0v) is 15.1. The lowest BCUT2D eigenvalue weighted by atomic mass is 10.2. The fourth-order valence-electron chi connectivity index (χ4n) is 2.33. The highest BCUT2D eigenvalue weighted by atomic mass is 35.5. The first-order valence-corrected chi connectivity index (χ1v) is 8.67. The number of aromatic nitrogens is 2. The molecule has 0 aliphatic heterocycles. The summed E-state index contributed by atoms with van der Waals surface area (Å²) in [5.41, 5.74) is 0.495.